The van der Waals surface area contributed by atoms with Crippen molar-refractivity contribution in [1.82, 2.24) is 5.32 Å². The summed E-state index contributed by atoms with van der Waals surface area (Å²) >= 11 is 0. The van der Waals surface area contributed by atoms with E-state index in [4.69, 9.17) is 10.5 Å². The summed E-state index contributed by atoms with van der Waals surface area (Å²) in [5, 5.41) is 3.08. The molecule has 1 aliphatic heterocycles. The zero-order valence-corrected chi connectivity index (χ0v) is 10.4. The first kappa shape index (κ1) is 11.7. The molecule has 1 aromatic carbocycles. The molecule has 0 atom stereocenters. The summed E-state index contributed by atoms with van der Waals surface area (Å²) < 4.78 is 5.35. The molecule has 1 heterocycles. The fraction of sp³-hybridized carbons (Fsp3) is 0.500. The van der Waals surface area contributed by atoms with Gasteiger partial charge in [-0.15, -0.1) is 0 Å². The van der Waals surface area contributed by atoms with Gasteiger partial charge in [-0.25, -0.2) is 0 Å². The van der Waals surface area contributed by atoms with Crippen LogP contribution in [0.1, 0.15) is 40.7 Å². The molecule has 4 nitrogen and oxygen atoms in total. The van der Waals surface area contributed by atoms with Gasteiger partial charge in [0.15, 0.2) is 0 Å². The lowest BCUT2D eigenvalue weighted by molar-refractivity contribution is 0.0837. The van der Waals surface area contributed by atoms with Crippen molar-refractivity contribution >= 4 is 5.91 Å². The molecule has 1 fully saturated rings. The predicted octanol–water partition coefficient (Wildman–Crippen LogP) is 1.33. The fourth-order valence-electron chi connectivity index (χ4n) is 2.61. The molecule has 18 heavy (non-hydrogen) atoms. The summed E-state index contributed by atoms with van der Waals surface area (Å²) in [7, 11) is 0. The van der Waals surface area contributed by atoms with E-state index in [0.29, 0.717) is 25.3 Å². The number of rotatable bonds is 3. The third kappa shape index (κ3) is 1.91. The van der Waals surface area contributed by atoms with Crippen LogP contribution in [0.25, 0.3) is 0 Å². The minimum Gasteiger partial charge on any atom is -0.372 e. The molecule has 1 amide bonds. The zero-order valence-electron chi connectivity index (χ0n) is 10.4. The van der Waals surface area contributed by atoms with Crippen LogP contribution in [0.2, 0.25) is 0 Å². The number of nitrogens with one attached hydrogen (secondary N) is 1. The molecular weight excluding hydrogens is 228 g/mol. The predicted molar refractivity (Wildman–Crippen MR) is 68.0 cm³/mol. The van der Waals surface area contributed by atoms with Crippen LogP contribution in [0.3, 0.4) is 0 Å². The Morgan fingerprint density at radius 2 is 2.11 bits per heavy atom. The summed E-state index contributed by atoms with van der Waals surface area (Å²) in [5.74, 6) is -0.0187. The van der Waals surface area contributed by atoms with E-state index in [-0.39, 0.29) is 11.4 Å². The number of carbonyl (C=O) groups excluding carboxylic acids is 1. The number of carbonyl (C=O) groups is 1. The van der Waals surface area contributed by atoms with Crippen LogP contribution in [0.5, 0.6) is 0 Å². The Balaban J connectivity index is 1.76. The van der Waals surface area contributed by atoms with Gasteiger partial charge in [0.25, 0.3) is 5.91 Å². The van der Waals surface area contributed by atoms with Gasteiger partial charge in [-0.3, -0.25) is 4.79 Å². The first-order valence-corrected chi connectivity index (χ1v) is 6.45. The van der Waals surface area contributed by atoms with Gasteiger partial charge in [0.05, 0.1) is 18.8 Å². The molecule has 1 aliphatic carbocycles. The first-order valence-electron chi connectivity index (χ1n) is 6.45. The van der Waals surface area contributed by atoms with Crippen LogP contribution in [-0.4, -0.2) is 18.0 Å². The Hall–Kier alpha value is -1.39. The van der Waals surface area contributed by atoms with E-state index in [1.54, 1.807) is 0 Å². The number of hydrogen-bond acceptors (Lipinski definition) is 3. The van der Waals surface area contributed by atoms with Crippen molar-refractivity contribution in [2.75, 3.05) is 6.54 Å². The summed E-state index contributed by atoms with van der Waals surface area (Å²) in [5.41, 5.74) is 8.61. The highest BCUT2D eigenvalue weighted by Gasteiger charge is 2.37. The third-order valence-corrected chi connectivity index (χ3v) is 4.06. The molecule has 2 aliphatic rings. The lowest BCUT2D eigenvalue weighted by Gasteiger charge is -2.41. The Morgan fingerprint density at radius 1 is 1.33 bits per heavy atom. The van der Waals surface area contributed by atoms with E-state index in [1.165, 1.54) is 5.56 Å². The molecule has 4 heteroatoms. The van der Waals surface area contributed by atoms with Gasteiger partial charge < -0.3 is 15.8 Å². The van der Waals surface area contributed by atoms with Crippen LogP contribution in [0, 0.1) is 0 Å². The maximum absolute atomic E-state index is 12.2. The average Bonchev–Trinajstić information content (AvgIpc) is 2.80. The molecule has 0 saturated heterocycles. The van der Waals surface area contributed by atoms with Crippen molar-refractivity contribution < 1.29 is 9.53 Å². The summed E-state index contributed by atoms with van der Waals surface area (Å²) in [6.07, 6.45) is 3.13. The summed E-state index contributed by atoms with van der Waals surface area (Å²) in [4.78, 5) is 12.2. The molecule has 1 aromatic rings. The molecule has 0 spiro atoms. The second kappa shape index (κ2) is 4.37. The highest BCUT2D eigenvalue weighted by Crippen LogP contribution is 2.31. The Labute approximate surface area is 107 Å². The van der Waals surface area contributed by atoms with Gasteiger partial charge in [0.2, 0.25) is 0 Å². The van der Waals surface area contributed by atoms with E-state index in [2.05, 4.69) is 5.32 Å². The minimum absolute atomic E-state index is 0.0187. The number of nitrogens with two attached hydrogens (primary N) is 1. The number of hydrogen-bond donors (Lipinski definition) is 2. The van der Waals surface area contributed by atoms with E-state index in [9.17, 15) is 4.79 Å². The van der Waals surface area contributed by atoms with E-state index < -0.39 is 0 Å². The van der Waals surface area contributed by atoms with Crippen molar-refractivity contribution in [2.24, 2.45) is 5.73 Å². The lowest BCUT2D eigenvalue weighted by atomic mass is 9.76. The largest absolute Gasteiger partial charge is 0.372 e. The van der Waals surface area contributed by atoms with Crippen LogP contribution in [0.15, 0.2) is 18.2 Å². The molecular formula is C14H18N2O2. The van der Waals surface area contributed by atoms with Crippen molar-refractivity contribution in [3.8, 4) is 0 Å². The minimum atomic E-state index is -0.160. The molecule has 3 rings (SSSR count). The van der Waals surface area contributed by atoms with Crippen LogP contribution < -0.4 is 11.1 Å². The Bertz CT molecular complexity index is 475. The Morgan fingerprint density at radius 3 is 2.78 bits per heavy atom. The smallest absolute Gasteiger partial charge is 0.251 e. The molecule has 0 aromatic heterocycles. The Kier molecular flexibility index (Phi) is 2.84. The van der Waals surface area contributed by atoms with E-state index >= 15 is 0 Å². The lowest BCUT2D eigenvalue weighted by Crippen LogP contribution is -2.58. The fourth-order valence-corrected chi connectivity index (χ4v) is 2.61. The van der Waals surface area contributed by atoms with Crippen molar-refractivity contribution in [1.29, 1.82) is 0 Å². The molecule has 0 unspecified atom stereocenters. The van der Waals surface area contributed by atoms with E-state index in [0.717, 1.165) is 24.8 Å². The SMILES string of the molecule is NCC1(NC(=O)c2ccc3c(c2)COC3)CCC1. The summed E-state index contributed by atoms with van der Waals surface area (Å²) in [6, 6.07) is 5.78. The molecule has 0 radical (unpaired) electrons. The van der Waals surface area contributed by atoms with Gasteiger partial charge in [0, 0.05) is 12.1 Å². The van der Waals surface area contributed by atoms with Crippen molar-refractivity contribution in [2.45, 2.75) is 38.0 Å². The second-order valence-corrected chi connectivity index (χ2v) is 5.27. The van der Waals surface area contributed by atoms with Crippen molar-refractivity contribution in [3.05, 3.63) is 34.9 Å². The van der Waals surface area contributed by atoms with Crippen molar-refractivity contribution in [3.63, 3.8) is 0 Å². The third-order valence-electron chi connectivity index (χ3n) is 4.06. The normalized spacial score (nSPS) is 20.1. The number of benzene rings is 1. The van der Waals surface area contributed by atoms with Gasteiger partial charge in [-0.1, -0.05) is 6.07 Å². The van der Waals surface area contributed by atoms with Gasteiger partial charge >= 0.3 is 0 Å². The monoisotopic (exact) mass is 246 g/mol. The highest BCUT2D eigenvalue weighted by atomic mass is 16.5. The van der Waals surface area contributed by atoms with Crippen LogP contribution in [0.4, 0.5) is 0 Å². The molecule has 3 N–H and O–H groups in total. The van der Waals surface area contributed by atoms with Gasteiger partial charge in [-0.2, -0.15) is 0 Å². The number of ether oxygens (including phenoxy) is 1. The highest BCUT2D eigenvalue weighted by molar-refractivity contribution is 5.95. The number of fused-ring (bicyclic) bond motifs is 1. The standard InChI is InChI=1S/C14H18N2O2/c15-9-14(4-1-5-14)16-13(17)10-2-3-11-7-18-8-12(11)6-10/h2-3,6H,1,4-5,7-9,15H2,(H,16,17). The maximum Gasteiger partial charge on any atom is 0.251 e. The quantitative estimate of drug-likeness (QED) is 0.845. The van der Waals surface area contributed by atoms with E-state index in [1.807, 2.05) is 18.2 Å². The van der Waals surface area contributed by atoms with Gasteiger partial charge in [-0.05, 0) is 42.5 Å². The molecule has 0 bridgehead atoms. The first-order chi connectivity index (χ1) is 8.72. The zero-order chi connectivity index (χ0) is 12.6. The molecule has 96 valence electrons. The molecule has 1 saturated carbocycles. The average molecular weight is 246 g/mol. The number of amides is 1. The second-order valence-electron chi connectivity index (χ2n) is 5.27. The topological polar surface area (TPSA) is 64.3 Å². The van der Waals surface area contributed by atoms with Crippen LogP contribution in [-0.2, 0) is 18.0 Å². The van der Waals surface area contributed by atoms with Crippen LogP contribution >= 0.6 is 0 Å². The maximum atomic E-state index is 12.2. The summed E-state index contributed by atoms with van der Waals surface area (Å²) in [6.45, 7) is 1.79. The van der Waals surface area contributed by atoms with Gasteiger partial charge in [0.1, 0.15) is 0 Å².